The molecule has 0 atom stereocenters. The summed E-state index contributed by atoms with van der Waals surface area (Å²) in [5.41, 5.74) is 7.57. The fraction of sp³-hybridized carbons (Fsp3) is 0.158. The molecule has 0 N–H and O–H groups in total. The highest BCUT2D eigenvalue weighted by Gasteiger charge is 2.06. The Balaban J connectivity index is 2.12. The lowest BCUT2D eigenvalue weighted by Gasteiger charge is -2.08. The van der Waals surface area contributed by atoms with E-state index >= 15 is 0 Å². The van der Waals surface area contributed by atoms with Gasteiger partial charge in [-0.05, 0) is 68.8 Å². The molecule has 0 aliphatic rings. The smallest absolute Gasteiger partial charge is 0.0705 e. The van der Waals surface area contributed by atoms with Gasteiger partial charge in [-0.3, -0.25) is 9.97 Å². The van der Waals surface area contributed by atoms with Crippen molar-refractivity contribution in [1.29, 1.82) is 0 Å². The molecule has 0 saturated carbocycles. The van der Waals surface area contributed by atoms with Crippen LogP contribution in [0.3, 0.4) is 0 Å². The highest BCUT2D eigenvalue weighted by Crippen LogP contribution is 2.26. The summed E-state index contributed by atoms with van der Waals surface area (Å²) in [6.45, 7) is 6.14. The van der Waals surface area contributed by atoms with E-state index in [1.807, 2.05) is 38.1 Å². The van der Waals surface area contributed by atoms with Crippen molar-refractivity contribution in [3.8, 4) is 22.5 Å². The number of aromatic nitrogens is 2. The zero-order valence-electron chi connectivity index (χ0n) is 12.6. The third-order valence-electron chi connectivity index (χ3n) is 3.45. The minimum atomic E-state index is 1.01. The van der Waals surface area contributed by atoms with Crippen molar-refractivity contribution >= 4 is 0 Å². The topological polar surface area (TPSA) is 25.8 Å². The Morgan fingerprint density at radius 3 is 1.52 bits per heavy atom. The van der Waals surface area contributed by atoms with E-state index in [1.165, 1.54) is 5.56 Å². The molecule has 0 spiro atoms. The third kappa shape index (κ3) is 3.00. The van der Waals surface area contributed by atoms with Gasteiger partial charge in [-0.15, -0.1) is 0 Å². The van der Waals surface area contributed by atoms with Crippen molar-refractivity contribution in [2.75, 3.05) is 0 Å². The zero-order chi connectivity index (χ0) is 14.8. The van der Waals surface area contributed by atoms with Gasteiger partial charge < -0.3 is 0 Å². The molecule has 0 unspecified atom stereocenters. The molecule has 0 bridgehead atoms. The molecular formula is C19H18N2. The van der Waals surface area contributed by atoms with Gasteiger partial charge in [0, 0.05) is 22.5 Å². The second kappa shape index (κ2) is 5.49. The monoisotopic (exact) mass is 274 g/mol. The van der Waals surface area contributed by atoms with Gasteiger partial charge in [0.25, 0.3) is 0 Å². The van der Waals surface area contributed by atoms with E-state index in [4.69, 9.17) is 0 Å². The van der Waals surface area contributed by atoms with Crippen LogP contribution >= 0.6 is 0 Å². The molecular weight excluding hydrogens is 256 g/mol. The second-order valence-corrected chi connectivity index (χ2v) is 5.42. The highest BCUT2D eigenvalue weighted by molar-refractivity contribution is 5.70. The van der Waals surface area contributed by atoms with Crippen LogP contribution in [0.2, 0.25) is 0 Å². The van der Waals surface area contributed by atoms with Crippen molar-refractivity contribution in [2.24, 2.45) is 0 Å². The van der Waals surface area contributed by atoms with Crippen LogP contribution in [-0.4, -0.2) is 9.97 Å². The molecule has 0 fully saturated rings. The second-order valence-electron chi connectivity index (χ2n) is 5.42. The van der Waals surface area contributed by atoms with Gasteiger partial charge in [0.15, 0.2) is 0 Å². The summed E-state index contributed by atoms with van der Waals surface area (Å²) >= 11 is 0. The first-order valence-electron chi connectivity index (χ1n) is 7.11. The fourth-order valence-corrected chi connectivity index (χ4v) is 2.49. The van der Waals surface area contributed by atoms with Gasteiger partial charge in [-0.2, -0.15) is 0 Å². The lowest BCUT2D eigenvalue weighted by atomic mass is 10.0. The Hall–Kier alpha value is -2.48. The molecule has 0 radical (unpaired) electrons. The Morgan fingerprint density at radius 2 is 1.10 bits per heavy atom. The lowest BCUT2D eigenvalue weighted by Crippen LogP contribution is -1.91. The first-order chi connectivity index (χ1) is 10.1. The molecule has 2 nitrogen and oxygen atoms in total. The molecule has 104 valence electrons. The predicted octanol–water partition coefficient (Wildman–Crippen LogP) is 4.74. The Labute approximate surface area is 125 Å². The van der Waals surface area contributed by atoms with Gasteiger partial charge in [-0.1, -0.05) is 12.1 Å². The average Bonchev–Trinajstić information content (AvgIpc) is 2.46. The largest absolute Gasteiger partial charge is 0.253 e. The molecule has 3 rings (SSSR count). The summed E-state index contributed by atoms with van der Waals surface area (Å²) in [5.74, 6) is 0. The molecule has 0 amide bonds. The maximum atomic E-state index is 4.62. The summed E-state index contributed by atoms with van der Waals surface area (Å²) in [6, 6.07) is 18.7. The van der Waals surface area contributed by atoms with E-state index in [-0.39, 0.29) is 0 Å². The van der Waals surface area contributed by atoms with Crippen LogP contribution in [0.5, 0.6) is 0 Å². The van der Waals surface area contributed by atoms with Crippen LogP contribution in [0.4, 0.5) is 0 Å². The van der Waals surface area contributed by atoms with Crippen LogP contribution in [-0.2, 0) is 0 Å². The van der Waals surface area contributed by atoms with Crippen LogP contribution in [0.15, 0.2) is 54.6 Å². The number of rotatable bonds is 2. The number of nitrogens with zero attached hydrogens (tertiary/aromatic N) is 2. The predicted molar refractivity (Wildman–Crippen MR) is 87.1 cm³/mol. The molecule has 21 heavy (non-hydrogen) atoms. The summed E-state index contributed by atoms with van der Waals surface area (Å²) in [6.07, 6.45) is 0. The number of aryl methyl sites for hydroxylation is 3. The lowest BCUT2D eigenvalue weighted by molar-refractivity contribution is 1.19. The van der Waals surface area contributed by atoms with E-state index in [1.54, 1.807) is 0 Å². The van der Waals surface area contributed by atoms with Crippen molar-refractivity contribution in [3.05, 3.63) is 71.5 Å². The third-order valence-corrected chi connectivity index (χ3v) is 3.45. The maximum absolute atomic E-state index is 4.62. The molecule has 2 heterocycles. The van der Waals surface area contributed by atoms with Gasteiger partial charge >= 0.3 is 0 Å². The zero-order valence-corrected chi connectivity index (χ0v) is 12.6. The van der Waals surface area contributed by atoms with E-state index in [2.05, 4.69) is 47.2 Å². The van der Waals surface area contributed by atoms with Gasteiger partial charge in [0.2, 0.25) is 0 Å². The number of benzene rings is 1. The Morgan fingerprint density at radius 1 is 0.619 bits per heavy atom. The number of hydrogen-bond donors (Lipinski definition) is 0. The first-order valence-corrected chi connectivity index (χ1v) is 7.11. The standard InChI is InChI=1S/C19H18N2/c1-13-10-16(18-8-4-6-14(2)20-18)12-17(11-13)19-9-5-7-15(3)21-19/h4-12H,1-3H3. The van der Waals surface area contributed by atoms with Crippen LogP contribution < -0.4 is 0 Å². The van der Waals surface area contributed by atoms with E-state index in [9.17, 15) is 0 Å². The number of pyridine rings is 2. The minimum Gasteiger partial charge on any atom is -0.253 e. The van der Waals surface area contributed by atoms with Crippen molar-refractivity contribution in [2.45, 2.75) is 20.8 Å². The summed E-state index contributed by atoms with van der Waals surface area (Å²) in [5, 5.41) is 0. The molecule has 3 aromatic rings. The number of hydrogen-bond acceptors (Lipinski definition) is 2. The SMILES string of the molecule is Cc1cc(-c2cccc(C)n2)cc(-c2cccc(C)n2)c1. The van der Waals surface area contributed by atoms with Crippen LogP contribution in [0.25, 0.3) is 22.5 Å². The molecule has 2 aromatic heterocycles. The summed E-state index contributed by atoms with van der Waals surface area (Å²) in [7, 11) is 0. The van der Waals surface area contributed by atoms with Crippen LogP contribution in [0, 0.1) is 20.8 Å². The summed E-state index contributed by atoms with van der Waals surface area (Å²) < 4.78 is 0. The van der Waals surface area contributed by atoms with Crippen molar-refractivity contribution in [1.82, 2.24) is 9.97 Å². The normalized spacial score (nSPS) is 10.6. The molecule has 1 aromatic carbocycles. The van der Waals surface area contributed by atoms with Crippen molar-refractivity contribution in [3.63, 3.8) is 0 Å². The van der Waals surface area contributed by atoms with Crippen molar-refractivity contribution < 1.29 is 0 Å². The van der Waals surface area contributed by atoms with Crippen LogP contribution in [0.1, 0.15) is 17.0 Å². The summed E-state index contributed by atoms with van der Waals surface area (Å²) in [4.78, 5) is 9.23. The molecule has 0 saturated heterocycles. The quantitative estimate of drug-likeness (QED) is 0.674. The minimum absolute atomic E-state index is 1.01. The van der Waals surface area contributed by atoms with E-state index in [0.717, 1.165) is 33.9 Å². The molecule has 2 heteroatoms. The molecule has 0 aliphatic heterocycles. The van der Waals surface area contributed by atoms with Gasteiger partial charge in [0.05, 0.1) is 11.4 Å². The highest BCUT2D eigenvalue weighted by atomic mass is 14.7. The Bertz CT molecular complexity index is 727. The Kier molecular flexibility index (Phi) is 3.53. The maximum Gasteiger partial charge on any atom is 0.0705 e. The van der Waals surface area contributed by atoms with Gasteiger partial charge in [-0.25, -0.2) is 0 Å². The average molecular weight is 274 g/mol. The first kappa shape index (κ1) is 13.5. The van der Waals surface area contributed by atoms with E-state index in [0.29, 0.717) is 0 Å². The molecule has 0 aliphatic carbocycles. The van der Waals surface area contributed by atoms with Gasteiger partial charge in [0.1, 0.15) is 0 Å². The fourth-order valence-electron chi connectivity index (χ4n) is 2.49. The van der Waals surface area contributed by atoms with E-state index < -0.39 is 0 Å².